The van der Waals surface area contributed by atoms with Gasteiger partial charge in [0.2, 0.25) is 5.91 Å². The van der Waals surface area contributed by atoms with Gasteiger partial charge in [0.05, 0.1) is 22.6 Å². The molecule has 0 spiro atoms. The van der Waals surface area contributed by atoms with Crippen LogP contribution in [0.4, 0.5) is 5.13 Å². The molecule has 0 aliphatic carbocycles. The highest BCUT2D eigenvalue weighted by molar-refractivity contribution is 9.10. The number of hydrogen-bond acceptors (Lipinski definition) is 4. The monoisotopic (exact) mass is 404 g/mol. The summed E-state index contributed by atoms with van der Waals surface area (Å²) in [5.41, 5.74) is 1.78. The summed E-state index contributed by atoms with van der Waals surface area (Å²) in [7, 11) is 1.62. The minimum Gasteiger partial charge on any atom is -0.496 e. The molecule has 0 radical (unpaired) electrons. The van der Waals surface area contributed by atoms with Gasteiger partial charge in [0.15, 0.2) is 5.13 Å². The van der Waals surface area contributed by atoms with E-state index in [4.69, 9.17) is 4.74 Å². The number of amides is 1. The summed E-state index contributed by atoms with van der Waals surface area (Å²) >= 11 is 7.93. The van der Waals surface area contributed by atoms with Gasteiger partial charge in [-0.3, -0.25) is 4.79 Å². The fourth-order valence-electron chi connectivity index (χ4n) is 1.44. The number of ether oxygens (including phenoxy) is 1. The molecule has 1 N–H and O–H groups in total. The summed E-state index contributed by atoms with van der Waals surface area (Å²) in [6, 6.07) is 5.73. The standard InChI is InChI=1S/C12H10Br2N2O2S/c1-18-10-3-2-7(4-8(10)14)9-6-19-12(15-9)16-11(17)5-13/h2-4,6H,5H2,1H3,(H,15,16,17). The molecular formula is C12H10Br2N2O2S. The van der Waals surface area contributed by atoms with Crippen molar-refractivity contribution in [2.45, 2.75) is 0 Å². The van der Waals surface area contributed by atoms with E-state index < -0.39 is 0 Å². The highest BCUT2D eigenvalue weighted by Crippen LogP contribution is 2.31. The van der Waals surface area contributed by atoms with Crippen LogP contribution in [0.3, 0.4) is 0 Å². The average molecular weight is 406 g/mol. The Labute approximate surface area is 131 Å². The van der Waals surface area contributed by atoms with Crippen LogP contribution < -0.4 is 10.1 Å². The van der Waals surface area contributed by atoms with E-state index in [1.165, 1.54) is 11.3 Å². The molecule has 0 aliphatic rings. The van der Waals surface area contributed by atoms with Gasteiger partial charge in [-0.2, -0.15) is 0 Å². The third kappa shape index (κ3) is 3.55. The summed E-state index contributed by atoms with van der Waals surface area (Å²) < 4.78 is 6.05. The Bertz CT molecular complexity index is 601. The van der Waals surface area contributed by atoms with E-state index in [-0.39, 0.29) is 11.2 Å². The number of nitrogens with one attached hydrogen (secondary N) is 1. The zero-order valence-electron chi connectivity index (χ0n) is 9.94. The van der Waals surface area contributed by atoms with Crippen LogP contribution in [0.5, 0.6) is 5.75 Å². The maximum absolute atomic E-state index is 11.2. The lowest BCUT2D eigenvalue weighted by molar-refractivity contribution is -0.113. The Morgan fingerprint density at radius 3 is 2.95 bits per heavy atom. The number of benzene rings is 1. The number of halogens is 2. The minimum absolute atomic E-state index is 0.114. The highest BCUT2D eigenvalue weighted by Gasteiger charge is 2.09. The van der Waals surface area contributed by atoms with Crippen LogP contribution >= 0.6 is 43.2 Å². The molecule has 1 amide bonds. The van der Waals surface area contributed by atoms with Crippen LogP contribution in [0.25, 0.3) is 11.3 Å². The van der Waals surface area contributed by atoms with Crippen molar-refractivity contribution in [3.63, 3.8) is 0 Å². The number of rotatable bonds is 4. The summed E-state index contributed by atoms with van der Waals surface area (Å²) in [6.45, 7) is 0. The first-order chi connectivity index (χ1) is 9.13. The molecular weight excluding hydrogens is 396 g/mol. The normalized spacial score (nSPS) is 10.3. The molecule has 0 unspecified atom stereocenters. The fraction of sp³-hybridized carbons (Fsp3) is 0.167. The number of carbonyl (C=O) groups is 1. The fourth-order valence-corrected chi connectivity index (χ4v) is 2.86. The number of aromatic nitrogens is 1. The largest absolute Gasteiger partial charge is 0.496 e. The summed E-state index contributed by atoms with van der Waals surface area (Å²) in [6.07, 6.45) is 0. The maximum Gasteiger partial charge on any atom is 0.236 e. The first-order valence-electron chi connectivity index (χ1n) is 5.29. The molecule has 7 heteroatoms. The van der Waals surface area contributed by atoms with Crippen LogP contribution in [0, 0.1) is 0 Å². The van der Waals surface area contributed by atoms with Gasteiger partial charge in [-0.1, -0.05) is 15.9 Å². The summed E-state index contributed by atoms with van der Waals surface area (Å²) in [5, 5.41) is 5.45. The summed E-state index contributed by atoms with van der Waals surface area (Å²) in [4.78, 5) is 15.6. The lowest BCUT2D eigenvalue weighted by Crippen LogP contribution is -2.11. The quantitative estimate of drug-likeness (QED) is 0.784. The van der Waals surface area contributed by atoms with Gasteiger partial charge in [0.1, 0.15) is 5.75 Å². The number of nitrogens with zero attached hydrogens (tertiary/aromatic N) is 1. The van der Waals surface area contributed by atoms with Crippen LogP contribution in [0.2, 0.25) is 0 Å². The van der Waals surface area contributed by atoms with Crippen molar-refractivity contribution in [3.8, 4) is 17.0 Å². The van der Waals surface area contributed by atoms with Gasteiger partial charge in [0.25, 0.3) is 0 Å². The zero-order valence-corrected chi connectivity index (χ0v) is 13.9. The molecule has 0 saturated heterocycles. The topological polar surface area (TPSA) is 51.2 Å². The van der Waals surface area contributed by atoms with E-state index in [9.17, 15) is 4.79 Å². The van der Waals surface area contributed by atoms with Crippen LogP contribution in [-0.4, -0.2) is 23.3 Å². The maximum atomic E-state index is 11.2. The molecule has 100 valence electrons. The Balaban J connectivity index is 2.23. The number of alkyl halides is 1. The van der Waals surface area contributed by atoms with Crippen LogP contribution in [0.15, 0.2) is 28.1 Å². The van der Waals surface area contributed by atoms with Crippen molar-refractivity contribution in [2.24, 2.45) is 0 Å². The Morgan fingerprint density at radius 1 is 1.53 bits per heavy atom. The molecule has 0 bridgehead atoms. The second-order valence-electron chi connectivity index (χ2n) is 3.57. The number of thiazole rings is 1. The van der Waals surface area contributed by atoms with E-state index in [1.807, 2.05) is 23.6 Å². The molecule has 2 aromatic rings. The third-order valence-corrected chi connectivity index (χ3v) is 4.21. The number of carbonyl (C=O) groups excluding carboxylic acids is 1. The zero-order chi connectivity index (χ0) is 13.8. The number of anilines is 1. The van der Waals surface area contributed by atoms with Crippen LogP contribution in [0.1, 0.15) is 0 Å². The molecule has 19 heavy (non-hydrogen) atoms. The average Bonchev–Trinajstić information content (AvgIpc) is 2.87. The smallest absolute Gasteiger partial charge is 0.236 e. The number of hydrogen-bond donors (Lipinski definition) is 1. The predicted molar refractivity (Wildman–Crippen MR) is 84.2 cm³/mol. The van der Waals surface area contributed by atoms with E-state index in [0.717, 1.165) is 21.5 Å². The summed E-state index contributed by atoms with van der Waals surface area (Å²) in [5.74, 6) is 0.656. The minimum atomic E-state index is -0.114. The van der Waals surface area contributed by atoms with Crippen molar-refractivity contribution in [3.05, 3.63) is 28.1 Å². The predicted octanol–water partition coefficient (Wildman–Crippen LogP) is 3.91. The second-order valence-corrected chi connectivity index (χ2v) is 5.84. The van der Waals surface area contributed by atoms with Crippen molar-refractivity contribution in [2.75, 3.05) is 17.8 Å². The van der Waals surface area contributed by atoms with Crippen molar-refractivity contribution >= 4 is 54.2 Å². The van der Waals surface area contributed by atoms with E-state index in [1.54, 1.807) is 7.11 Å². The van der Waals surface area contributed by atoms with Gasteiger partial charge in [0, 0.05) is 10.9 Å². The van der Waals surface area contributed by atoms with E-state index in [0.29, 0.717) is 5.13 Å². The molecule has 0 atom stereocenters. The Hall–Kier alpha value is -0.920. The lowest BCUT2D eigenvalue weighted by atomic mass is 10.2. The van der Waals surface area contributed by atoms with Crippen molar-refractivity contribution in [1.82, 2.24) is 4.98 Å². The van der Waals surface area contributed by atoms with Crippen LogP contribution in [-0.2, 0) is 4.79 Å². The molecule has 1 heterocycles. The SMILES string of the molecule is COc1ccc(-c2csc(NC(=O)CBr)n2)cc1Br. The number of methoxy groups -OCH3 is 1. The van der Waals surface area contributed by atoms with Crippen molar-refractivity contribution < 1.29 is 9.53 Å². The first kappa shape index (κ1) is 14.5. The molecule has 4 nitrogen and oxygen atoms in total. The molecule has 1 aromatic carbocycles. The highest BCUT2D eigenvalue weighted by atomic mass is 79.9. The van der Waals surface area contributed by atoms with Gasteiger partial charge < -0.3 is 10.1 Å². The van der Waals surface area contributed by atoms with Gasteiger partial charge in [-0.15, -0.1) is 11.3 Å². The van der Waals surface area contributed by atoms with Crippen molar-refractivity contribution in [1.29, 1.82) is 0 Å². The van der Waals surface area contributed by atoms with Gasteiger partial charge in [-0.25, -0.2) is 4.98 Å². The van der Waals surface area contributed by atoms with Gasteiger partial charge >= 0.3 is 0 Å². The second kappa shape index (κ2) is 6.49. The first-order valence-corrected chi connectivity index (χ1v) is 8.08. The third-order valence-electron chi connectivity index (χ3n) is 2.32. The molecule has 0 aliphatic heterocycles. The Kier molecular flexibility index (Phi) is 4.95. The van der Waals surface area contributed by atoms with Gasteiger partial charge in [-0.05, 0) is 34.1 Å². The van der Waals surface area contributed by atoms with E-state index in [2.05, 4.69) is 42.2 Å². The molecule has 1 aromatic heterocycles. The Morgan fingerprint density at radius 2 is 2.32 bits per heavy atom. The molecule has 0 fully saturated rings. The van der Waals surface area contributed by atoms with E-state index >= 15 is 0 Å². The lowest BCUT2D eigenvalue weighted by Gasteiger charge is -2.04. The molecule has 0 saturated carbocycles. The molecule has 2 rings (SSSR count).